The van der Waals surface area contributed by atoms with Crippen LogP contribution in [0.4, 0.5) is 13.2 Å². The number of nitrogens with zero attached hydrogens (tertiary/aromatic N) is 2. The van der Waals surface area contributed by atoms with Gasteiger partial charge in [-0.05, 0) is 12.8 Å². The van der Waals surface area contributed by atoms with Crippen molar-refractivity contribution in [2.24, 2.45) is 0 Å². The van der Waals surface area contributed by atoms with Crippen molar-refractivity contribution in [3.05, 3.63) is 18.2 Å². The third kappa shape index (κ3) is 3.52. The molecule has 90 valence electrons. The normalized spacial score (nSPS) is 16.7. The number of hydrogen-bond acceptors (Lipinski definition) is 2. The summed E-state index contributed by atoms with van der Waals surface area (Å²) in [6.45, 7) is 0.549. The molecule has 1 aromatic heterocycles. The molecule has 1 heterocycles. The van der Waals surface area contributed by atoms with Crippen molar-refractivity contribution in [1.29, 1.82) is 0 Å². The van der Waals surface area contributed by atoms with E-state index in [0.29, 0.717) is 12.6 Å². The van der Waals surface area contributed by atoms with E-state index < -0.39 is 12.6 Å². The quantitative estimate of drug-likeness (QED) is 0.843. The second-order valence-corrected chi connectivity index (χ2v) is 4.10. The van der Waals surface area contributed by atoms with Crippen molar-refractivity contribution in [3.63, 3.8) is 0 Å². The van der Waals surface area contributed by atoms with Gasteiger partial charge in [0, 0.05) is 25.3 Å². The van der Waals surface area contributed by atoms with E-state index >= 15 is 0 Å². The molecule has 0 unspecified atom stereocenters. The third-order valence-electron chi connectivity index (χ3n) is 2.58. The van der Waals surface area contributed by atoms with Gasteiger partial charge >= 0.3 is 6.18 Å². The monoisotopic (exact) mass is 233 g/mol. The van der Waals surface area contributed by atoms with Gasteiger partial charge in [0.15, 0.2) is 0 Å². The van der Waals surface area contributed by atoms with Crippen LogP contribution in [0.5, 0.6) is 0 Å². The van der Waals surface area contributed by atoms with Gasteiger partial charge in [-0.2, -0.15) is 13.2 Å². The summed E-state index contributed by atoms with van der Waals surface area (Å²) in [6.07, 6.45) is 0.486. The molecule has 0 atom stereocenters. The van der Waals surface area contributed by atoms with Crippen LogP contribution in [0.15, 0.2) is 12.5 Å². The first-order valence-electron chi connectivity index (χ1n) is 5.34. The molecule has 1 aliphatic rings. The Balaban J connectivity index is 1.85. The van der Waals surface area contributed by atoms with Gasteiger partial charge in [-0.3, -0.25) is 0 Å². The number of halogens is 3. The molecule has 0 saturated heterocycles. The van der Waals surface area contributed by atoms with Gasteiger partial charge in [0.2, 0.25) is 0 Å². The Morgan fingerprint density at radius 3 is 2.81 bits per heavy atom. The van der Waals surface area contributed by atoms with E-state index in [0.717, 1.165) is 18.5 Å². The zero-order valence-corrected chi connectivity index (χ0v) is 8.80. The molecule has 1 aliphatic carbocycles. The zero-order valence-electron chi connectivity index (χ0n) is 8.80. The van der Waals surface area contributed by atoms with Crippen molar-refractivity contribution < 1.29 is 13.2 Å². The summed E-state index contributed by atoms with van der Waals surface area (Å²) >= 11 is 0. The Morgan fingerprint density at radius 2 is 2.19 bits per heavy atom. The van der Waals surface area contributed by atoms with Crippen molar-refractivity contribution in [1.82, 2.24) is 14.9 Å². The van der Waals surface area contributed by atoms with E-state index in [9.17, 15) is 13.2 Å². The zero-order chi connectivity index (χ0) is 11.6. The fourth-order valence-corrected chi connectivity index (χ4v) is 1.48. The molecule has 0 aromatic carbocycles. The van der Waals surface area contributed by atoms with Crippen molar-refractivity contribution >= 4 is 0 Å². The highest BCUT2D eigenvalue weighted by Gasteiger charge is 2.27. The van der Waals surface area contributed by atoms with Gasteiger partial charge in [0.05, 0.1) is 18.4 Å². The van der Waals surface area contributed by atoms with Gasteiger partial charge in [-0.15, -0.1) is 0 Å². The average Bonchev–Trinajstić information content (AvgIpc) is 2.90. The molecular formula is C10H14F3N3. The fraction of sp³-hybridized carbons (Fsp3) is 0.700. The van der Waals surface area contributed by atoms with Crippen LogP contribution < -0.4 is 5.32 Å². The van der Waals surface area contributed by atoms with Crippen molar-refractivity contribution in [2.75, 3.05) is 0 Å². The first kappa shape index (κ1) is 11.4. The first-order chi connectivity index (χ1) is 7.54. The summed E-state index contributed by atoms with van der Waals surface area (Å²) < 4.78 is 37.7. The number of nitrogens with one attached hydrogen (secondary N) is 1. The maximum absolute atomic E-state index is 12.1. The summed E-state index contributed by atoms with van der Waals surface area (Å²) in [4.78, 5) is 3.88. The van der Waals surface area contributed by atoms with Crippen LogP contribution >= 0.6 is 0 Å². The molecule has 1 saturated carbocycles. The summed E-state index contributed by atoms with van der Waals surface area (Å²) in [5, 5.41) is 3.25. The van der Waals surface area contributed by atoms with Gasteiger partial charge in [-0.25, -0.2) is 4.98 Å². The minimum Gasteiger partial charge on any atom is -0.333 e. The summed E-state index contributed by atoms with van der Waals surface area (Å²) in [5.41, 5.74) is 0.816. The molecule has 0 bridgehead atoms. The molecule has 0 aliphatic heterocycles. The standard InChI is InChI=1S/C10H14F3N3/c11-10(12,13)3-4-16-7-14-5-9(16)6-15-8-1-2-8/h5,7-8,15H,1-4,6H2. The molecule has 0 radical (unpaired) electrons. The van der Waals surface area contributed by atoms with E-state index in [1.807, 2.05) is 0 Å². The maximum Gasteiger partial charge on any atom is 0.390 e. The highest BCUT2D eigenvalue weighted by molar-refractivity contribution is 4.99. The fourth-order valence-electron chi connectivity index (χ4n) is 1.48. The molecule has 0 amide bonds. The number of hydrogen-bond donors (Lipinski definition) is 1. The Bertz CT molecular complexity index is 341. The number of alkyl halides is 3. The van der Waals surface area contributed by atoms with Crippen LogP contribution in [0.25, 0.3) is 0 Å². The van der Waals surface area contributed by atoms with Gasteiger partial charge < -0.3 is 9.88 Å². The summed E-state index contributed by atoms with van der Waals surface area (Å²) in [5.74, 6) is 0. The number of aryl methyl sites for hydroxylation is 1. The molecule has 1 fully saturated rings. The van der Waals surface area contributed by atoms with Crippen molar-refractivity contribution in [3.8, 4) is 0 Å². The Labute approximate surface area is 91.7 Å². The minimum atomic E-state index is -4.11. The minimum absolute atomic E-state index is 0.0504. The van der Waals surface area contributed by atoms with E-state index in [2.05, 4.69) is 10.3 Å². The second kappa shape index (κ2) is 4.45. The van der Waals surface area contributed by atoms with Crippen LogP contribution in [0.1, 0.15) is 25.0 Å². The predicted molar refractivity (Wildman–Crippen MR) is 52.8 cm³/mol. The highest BCUT2D eigenvalue weighted by Crippen LogP contribution is 2.21. The van der Waals surface area contributed by atoms with E-state index in [4.69, 9.17) is 0 Å². The maximum atomic E-state index is 12.1. The SMILES string of the molecule is FC(F)(F)CCn1cncc1CNC1CC1. The summed E-state index contributed by atoms with van der Waals surface area (Å²) in [7, 11) is 0. The van der Waals surface area contributed by atoms with Gasteiger partial charge in [-0.1, -0.05) is 0 Å². The highest BCUT2D eigenvalue weighted by atomic mass is 19.4. The summed E-state index contributed by atoms with van der Waals surface area (Å²) in [6, 6.07) is 0.547. The van der Waals surface area contributed by atoms with Crippen LogP contribution in [0.3, 0.4) is 0 Å². The predicted octanol–water partition coefficient (Wildman–Crippen LogP) is 2.09. The van der Waals surface area contributed by atoms with Crippen molar-refractivity contribution in [2.45, 2.75) is 44.6 Å². The number of imidazole rings is 1. The van der Waals surface area contributed by atoms with Gasteiger partial charge in [0.1, 0.15) is 0 Å². The lowest BCUT2D eigenvalue weighted by Crippen LogP contribution is -2.19. The van der Waals surface area contributed by atoms with Crippen LogP contribution in [-0.4, -0.2) is 21.8 Å². The molecule has 6 heteroatoms. The van der Waals surface area contributed by atoms with Crippen LogP contribution in [0, 0.1) is 0 Å². The largest absolute Gasteiger partial charge is 0.390 e. The van der Waals surface area contributed by atoms with E-state index in [1.54, 1.807) is 10.8 Å². The average molecular weight is 233 g/mol. The molecule has 16 heavy (non-hydrogen) atoms. The Kier molecular flexibility index (Phi) is 3.18. The molecule has 2 rings (SSSR count). The van der Waals surface area contributed by atoms with Crippen LogP contribution in [0.2, 0.25) is 0 Å². The van der Waals surface area contributed by atoms with Crippen LogP contribution in [-0.2, 0) is 13.1 Å². The lowest BCUT2D eigenvalue weighted by molar-refractivity contribution is -0.136. The lowest BCUT2D eigenvalue weighted by atomic mass is 10.4. The first-order valence-corrected chi connectivity index (χ1v) is 5.34. The number of aromatic nitrogens is 2. The lowest BCUT2D eigenvalue weighted by Gasteiger charge is -2.10. The molecule has 1 N–H and O–H groups in total. The molecule has 3 nitrogen and oxygen atoms in total. The molecular weight excluding hydrogens is 219 g/mol. The third-order valence-corrected chi connectivity index (χ3v) is 2.58. The topological polar surface area (TPSA) is 29.9 Å². The molecule has 0 spiro atoms. The Morgan fingerprint density at radius 1 is 1.44 bits per heavy atom. The van der Waals surface area contributed by atoms with Gasteiger partial charge in [0.25, 0.3) is 0 Å². The smallest absolute Gasteiger partial charge is 0.333 e. The van der Waals surface area contributed by atoms with E-state index in [1.165, 1.54) is 6.33 Å². The molecule has 1 aromatic rings. The Hall–Kier alpha value is -1.04. The van der Waals surface area contributed by atoms with E-state index in [-0.39, 0.29) is 6.54 Å². The number of rotatable bonds is 5. The second-order valence-electron chi connectivity index (χ2n) is 4.10.